The highest BCUT2D eigenvalue weighted by Crippen LogP contribution is 2.30. The first-order chi connectivity index (χ1) is 23.7. The normalized spacial score (nSPS) is 22.2. The number of ether oxygens (including phenoxy) is 2. The molecule has 12 nitrogen and oxygen atoms in total. The number of carbonyl (C=O) groups excluding carboxylic acids is 2. The lowest BCUT2D eigenvalue weighted by molar-refractivity contribution is -0.0442. The lowest BCUT2D eigenvalue weighted by atomic mass is 10.1. The summed E-state index contributed by atoms with van der Waals surface area (Å²) in [4.78, 5) is 27.0. The molecule has 2 amide bonds. The zero-order valence-electron chi connectivity index (χ0n) is 28.2. The largest absolute Gasteiger partial charge is 0.373 e. The van der Waals surface area contributed by atoms with E-state index in [0.29, 0.717) is 11.4 Å². The Bertz CT molecular complexity index is 1950. The Hall–Kier alpha value is -4.18. The van der Waals surface area contributed by atoms with E-state index in [2.05, 4.69) is 10.6 Å². The molecule has 4 aromatic rings. The van der Waals surface area contributed by atoms with Gasteiger partial charge in [0.1, 0.15) is 0 Å². The summed E-state index contributed by atoms with van der Waals surface area (Å²) in [6, 6.07) is 22.3. The third-order valence-electron chi connectivity index (χ3n) is 8.66. The summed E-state index contributed by atoms with van der Waals surface area (Å²) in [5.74, 6) is -1.01. The topological polar surface area (TPSA) is 151 Å². The summed E-state index contributed by atoms with van der Waals surface area (Å²) < 4.78 is 67.3. The number of hydrogen-bond acceptors (Lipinski definition) is 8. The van der Waals surface area contributed by atoms with Crippen molar-refractivity contribution in [2.24, 2.45) is 0 Å². The van der Waals surface area contributed by atoms with Crippen LogP contribution in [0.15, 0.2) is 94.7 Å². The molecule has 0 bridgehead atoms. The third-order valence-corrected chi connectivity index (χ3v) is 12.4. The number of hydrogen-bond donors (Lipinski definition) is 2. The monoisotopic (exact) mass is 720 g/mol. The van der Waals surface area contributed by atoms with Crippen LogP contribution in [0, 0.1) is 0 Å². The van der Waals surface area contributed by atoms with Crippen molar-refractivity contribution in [1.82, 2.24) is 8.61 Å². The highest BCUT2D eigenvalue weighted by Gasteiger charge is 2.33. The van der Waals surface area contributed by atoms with E-state index in [4.69, 9.17) is 9.47 Å². The van der Waals surface area contributed by atoms with Crippen molar-refractivity contribution in [2.45, 2.75) is 61.9 Å². The summed E-state index contributed by atoms with van der Waals surface area (Å²) in [7, 11) is -7.58. The van der Waals surface area contributed by atoms with Gasteiger partial charge in [-0.25, -0.2) is 16.8 Å². The van der Waals surface area contributed by atoms with E-state index >= 15 is 0 Å². The van der Waals surface area contributed by atoms with Crippen LogP contribution in [0.4, 0.5) is 11.4 Å². The fraction of sp³-hybridized carbons (Fsp3) is 0.333. The third kappa shape index (κ3) is 7.60. The molecule has 264 valence electrons. The molecule has 0 aromatic heterocycles. The van der Waals surface area contributed by atoms with Gasteiger partial charge in [0.15, 0.2) is 0 Å². The zero-order chi connectivity index (χ0) is 35.8. The summed E-state index contributed by atoms with van der Waals surface area (Å²) in [5, 5.41) is 7.35. The van der Waals surface area contributed by atoms with Crippen LogP contribution in [0.25, 0.3) is 10.8 Å². The summed E-state index contributed by atoms with van der Waals surface area (Å²) in [6.07, 6.45) is -0.948. The number of nitrogens with zero attached hydrogens (tertiary/aromatic N) is 2. The molecule has 6 rings (SSSR count). The fourth-order valence-electron chi connectivity index (χ4n) is 6.34. The van der Waals surface area contributed by atoms with Crippen LogP contribution in [0.2, 0.25) is 0 Å². The quantitative estimate of drug-likeness (QED) is 0.260. The molecule has 2 heterocycles. The van der Waals surface area contributed by atoms with Crippen LogP contribution in [-0.4, -0.2) is 87.9 Å². The van der Waals surface area contributed by atoms with Crippen LogP contribution in [-0.2, 0) is 29.5 Å². The van der Waals surface area contributed by atoms with Crippen LogP contribution >= 0.6 is 0 Å². The maximum atomic E-state index is 13.4. The van der Waals surface area contributed by atoms with Gasteiger partial charge in [0.05, 0.1) is 45.6 Å². The number of amides is 2. The highest BCUT2D eigenvalue weighted by atomic mass is 32.2. The fourth-order valence-corrected chi connectivity index (χ4v) is 9.53. The molecule has 2 aliphatic heterocycles. The van der Waals surface area contributed by atoms with Gasteiger partial charge in [-0.3, -0.25) is 9.59 Å². The number of benzene rings is 4. The van der Waals surface area contributed by atoms with Gasteiger partial charge in [0, 0.05) is 37.3 Å². The standard InChI is InChI=1S/C36H40N4O8S2/c1-23-19-39(20-24(2)47-23)49(43,44)31-13-9-27(10-14-31)35(41)37-33-17-29-7-5-6-8-30(29)18-34(33)38-36(42)28-11-15-32(16-12-28)50(45,46)40-21-25(3)48-26(4)22-40/h5-18,23-26H,19-22H2,1-4H3,(H,37,41)(H,38,42). The van der Waals surface area contributed by atoms with E-state index in [1.54, 1.807) is 12.1 Å². The minimum Gasteiger partial charge on any atom is -0.373 e. The molecule has 2 N–H and O–H groups in total. The van der Waals surface area contributed by atoms with E-state index in [1.165, 1.54) is 57.1 Å². The van der Waals surface area contributed by atoms with Crippen molar-refractivity contribution >= 4 is 54.0 Å². The average molecular weight is 721 g/mol. The van der Waals surface area contributed by atoms with Crippen LogP contribution < -0.4 is 10.6 Å². The van der Waals surface area contributed by atoms with Crippen molar-refractivity contribution in [3.8, 4) is 0 Å². The summed E-state index contributed by atoms with van der Waals surface area (Å²) in [6.45, 7) is 8.25. The van der Waals surface area contributed by atoms with Gasteiger partial charge in [0.25, 0.3) is 11.8 Å². The molecule has 2 aliphatic rings. The first-order valence-electron chi connectivity index (χ1n) is 16.4. The second-order valence-electron chi connectivity index (χ2n) is 12.9. The average Bonchev–Trinajstić information content (AvgIpc) is 3.07. The van der Waals surface area contributed by atoms with E-state index in [0.717, 1.165) is 10.8 Å². The minimum atomic E-state index is -3.79. The first-order valence-corrected chi connectivity index (χ1v) is 19.3. The van der Waals surface area contributed by atoms with Gasteiger partial charge in [-0.2, -0.15) is 8.61 Å². The number of fused-ring (bicyclic) bond motifs is 1. The lowest BCUT2D eigenvalue weighted by Crippen LogP contribution is -2.48. The Kier molecular flexibility index (Phi) is 10.1. The number of morpholine rings is 2. The maximum Gasteiger partial charge on any atom is 0.255 e. The number of rotatable bonds is 8. The second-order valence-corrected chi connectivity index (χ2v) is 16.7. The predicted molar refractivity (Wildman–Crippen MR) is 190 cm³/mol. The zero-order valence-corrected chi connectivity index (χ0v) is 29.8. The van der Waals surface area contributed by atoms with Crippen molar-refractivity contribution in [2.75, 3.05) is 36.8 Å². The molecule has 14 heteroatoms. The van der Waals surface area contributed by atoms with Gasteiger partial charge in [-0.05, 0) is 99.1 Å². The molecule has 0 spiro atoms. The minimum absolute atomic E-state index is 0.0712. The number of anilines is 2. The number of carbonyl (C=O) groups is 2. The number of sulfonamides is 2. The van der Waals surface area contributed by atoms with Crippen molar-refractivity contribution in [1.29, 1.82) is 0 Å². The summed E-state index contributed by atoms with van der Waals surface area (Å²) >= 11 is 0. The Labute approximate surface area is 292 Å². The van der Waals surface area contributed by atoms with Crippen LogP contribution in [0.5, 0.6) is 0 Å². The van der Waals surface area contributed by atoms with Gasteiger partial charge >= 0.3 is 0 Å². The molecule has 0 radical (unpaired) electrons. The van der Waals surface area contributed by atoms with E-state index in [1.807, 2.05) is 52.0 Å². The van der Waals surface area contributed by atoms with Gasteiger partial charge < -0.3 is 20.1 Å². The Morgan fingerprint density at radius 2 is 0.880 bits per heavy atom. The molecule has 0 saturated carbocycles. The molecule has 4 aromatic carbocycles. The SMILES string of the molecule is CC1CN(S(=O)(=O)c2ccc(C(=O)Nc3cc4ccccc4cc3NC(=O)c3ccc(S(=O)(=O)N4CC(C)OC(C)C4)cc3)cc2)CC(C)O1. The van der Waals surface area contributed by atoms with Crippen LogP contribution in [0.1, 0.15) is 48.4 Å². The Morgan fingerprint density at radius 1 is 0.560 bits per heavy atom. The summed E-state index contributed by atoms with van der Waals surface area (Å²) in [5.41, 5.74) is 1.09. The smallest absolute Gasteiger partial charge is 0.255 e. The first kappa shape index (κ1) is 35.6. The van der Waals surface area contributed by atoms with Crippen LogP contribution in [0.3, 0.4) is 0 Å². The Balaban J connectivity index is 1.20. The van der Waals surface area contributed by atoms with E-state index in [-0.39, 0.29) is 71.5 Å². The molecular formula is C36H40N4O8S2. The van der Waals surface area contributed by atoms with Gasteiger partial charge in [-0.15, -0.1) is 0 Å². The molecule has 2 saturated heterocycles. The van der Waals surface area contributed by atoms with Crippen molar-refractivity contribution in [3.05, 3.63) is 96.1 Å². The molecule has 4 atom stereocenters. The molecule has 50 heavy (non-hydrogen) atoms. The van der Waals surface area contributed by atoms with Crippen molar-refractivity contribution < 1.29 is 35.9 Å². The molecule has 0 aliphatic carbocycles. The second kappa shape index (κ2) is 14.2. The predicted octanol–water partition coefficient (Wildman–Crippen LogP) is 4.94. The van der Waals surface area contributed by atoms with Gasteiger partial charge in [0.2, 0.25) is 20.0 Å². The Morgan fingerprint density at radius 3 is 1.20 bits per heavy atom. The molecule has 2 fully saturated rings. The lowest BCUT2D eigenvalue weighted by Gasteiger charge is -2.34. The van der Waals surface area contributed by atoms with E-state index < -0.39 is 31.9 Å². The number of nitrogens with one attached hydrogen (secondary N) is 2. The van der Waals surface area contributed by atoms with E-state index in [9.17, 15) is 26.4 Å². The highest BCUT2D eigenvalue weighted by molar-refractivity contribution is 7.89. The van der Waals surface area contributed by atoms with Gasteiger partial charge in [-0.1, -0.05) is 24.3 Å². The molecule has 4 unspecified atom stereocenters. The molecular weight excluding hydrogens is 681 g/mol. The maximum absolute atomic E-state index is 13.4. The van der Waals surface area contributed by atoms with Crippen molar-refractivity contribution in [3.63, 3.8) is 0 Å².